The van der Waals surface area contributed by atoms with Crippen LogP contribution >= 0.6 is 35.1 Å². The van der Waals surface area contributed by atoms with E-state index in [1.54, 1.807) is 12.3 Å². The topological polar surface area (TPSA) is 160 Å². The van der Waals surface area contributed by atoms with Gasteiger partial charge in [0.25, 0.3) is 5.91 Å². The maximum atomic E-state index is 12.9. The molecule has 2 amide bonds. The Hall–Kier alpha value is -3.10. The maximum Gasteiger partial charge on any atom is 0.322 e. The Balaban J connectivity index is 1.42. The lowest BCUT2D eigenvalue weighted by Gasteiger charge is -2.53. The van der Waals surface area contributed by atoms with Crippen LogP contribution in [-0.4, -0.2) is 77.9 Å². The smallest absolute Gasteiger partial charge is 0.322 e. The first kappa shape index (κ1) is 25.0. The average Bonchev–Trinajstić information content (AvgIpc) is 3.29. The SMILES string of the molecule is CCON=C(C(=O)NC1C(=O)N2CC(SC=Cc3ccccc3)(C(=O)O)CS[C@H]12)c1nsc(N)n1. The van der Waals surface area contributed by atoms with E-state index in [2.05, 4.69) is 19.8 Å². The second kappa shape index (κ2) is 10.7. The molecule has 4 rings (SSSR count). The number of fused-ring (bicyclic) bond motifs is 1. The first-order valence-corrected chi connectivity index (χ1v) is 13.2. The Labute approximate surface area is 213 Å². The van der Waals surface area contributed by atoms with Crippen LogP contribution in [0, 0.1) is 0 Å². The second-order valence-corrected chi connectivity index (χ2v) is 10.7. The van der Waals surface area contributed by atoms with Crippen molar-refractivity contribution in [2.24, 2.45) is 5.16 Å². The average molecular weight is 535 g/mol. The zero-order valence-corrected chi connectivity index (χ0v) is 20.9. The van der Waals surface area contributed by atoms with Crippen LogP contribution in [0.5, 0.6) is 0 Å². The number of aliphatic carboxylic acids is 1. The lowest BCUT2D eigenvalue weighted by molar-refractivity contribution is -0.151. The van der Waals surface area contributed by atoms with Gasteiger partial charge in [0.15, 0.2) is 5.13 Å². The van der Waals surface area contributed by atoms with Gasteiger partial charge in [-0.1, -0.05) is 35.5 Å². The Morgan fingerprint density at radius 3 is 2.86 bits per heavy atom. The van der Waals surface area contributed by atoms with Gasteiger partial charge in [0.1, 0.15) is 22.8 Å². The number of carbonyl (C=O) groups excluding carboxylic acids is 2. The molecule has 1 aromatic carbocycles. The Bertz CT molecular complexity index is 1170. The molecule has 0 bridgehead atoms. The van der Waals surface area contributed by atoms with Crippen LogP contribution in [0.4, 0.5) is 5.13 Å². The van der Waals surface area contributed by atoms with Gasteiger partial charge in [-0.05, 0) is 24.0 Å². The summed E-state index contributed by atoms with van der Waals surface area (Å²) in [4.78, 5) is 48.4. The number of carboxylic acid groups (broad SMARTS) is 1. The van der Waals surface area contributed by atoms with Gasteiger partial charge in [-0.3, -0.25) is 14.4 Å². The predicted octanol–water partition coefficient (Wildman–Crippen LogP) is 1.49. The largest absolute Gasteiger partial charge is 0.480 e. The number of benzene rings is 1. The minimum Gasteiger partial charge on any atom is -0.480 e. The van der Waals surface area contributed by atoms with Gasteiger partial charge in [0.2, 0.25) is 17.4 Å². The van der Waals surface area contributed by atoms with Crippen LogP contribution in [0.3, 0.4) is 0 Å². The quantitative estimate of drug-likeness (QED) is 0.244. The number of carboxylic acids is 1. The second-order valence-electron chi connectivity index (χ2n) is 7.56. The molecule has 0 radical (unpaired) electrons. The number of thioether (sulfide) groups is 2. The third-order valence-electron chi connectivity index (χ3n) is 5.24. The van der Waals surface area contributed by atoms with Crippen molar-refractivity contribution in [1.29, 1.82) is 0 Å². The molecule has 0 aliphatic carbocycles. The van der Waals surface area contributed by atoms with Gasteiger partial charge in [0.05, 0.1) is 0 Å². The van der Waals surface area contributed by atoms with E-state index in [1.165, 1.54) is 28.4 Å². The number of rotatable bonds is 9. The number of nitrogens with two attached hydrogens (primary N) is 1. The van der Waals surface area contributed by atoms with Crippen LogP contribution in [0.2, 0.25) is 0 Å². The first-order valence-electron chi connectivity index (χ1n) is 10.5. The van der Waals surface area contributed by atoms with Crippen LogP contribution in [0.1, 0.15) is 18.3 Å². The first-order chi connectivity index (χ1) is 16.8. The fourth-order valence-electron chi connectivity index (χ4n) is 3.46. The van der Waals surface area contributed by atoms with E-state index in [-0.39, 0.29) is 46.9 Å². The van der Waals surface area contributed by atoms with Gasteiger partial charge in [-0.2, -0.15) is 9.36 Å². The summed E-state index contributed by atoms with van der Waals surface area (Å²) in [6.07, 6.45) is 1.84. The minimum atomic E-state index is -1.19. The number of aromatic nitrogens is 2. The summed E-state index contributed by atoms with van der Waals surface area (Å²) in [7, 11) is 0. The fraction of sp³-hybridized carbons (Fsp3) is 0.333. The van der Waals surface area contributed by atoms with Gasteiger partial charge >= 0.3 is 5.97 Å². The van der Waals surface area contributed by atoms with Crippen LogP contribution in [-0.2, 0) is 19.2 Å². The number of oxime groups is 1. The van der Waals surface area contributed by atoms with Gasteiger partial charge in [0, 0.05) is 23.8 Å². The van der Waals surface area contributed by atoms with Crippen molar-refractivity contribution in [2.45, 2.75) is 23.1 Å². The van der Waals surface area contributed by atoms with E-state index < -0.39 is 22.7 Å². The number of nitrogens with zero attached hydrogens (tertiary/aromatic N) is 4. The van der Waals surface area contributed by atoms with Crippen molar-refractivity contribution in [3.8, 4) is 0 Å². The monoisotopic (exact) mass is 534 g/mol. The minimum absolute atomic E-state index is 0.00451. The molecule has 2 aliphatic heterocycles. The standard InChI is InChI=1S/C21H22N6O5S3/c1-2-32-25-13(15-24-20(22)35-26-15)16(28)23-14-17(29)27-10-21(19(30)31,11-33-18(14)27)34-9-8-12-6-4-3-5-7-12/h3-9,14,18H,2,10-11H2,1H3,(H,23,28)(H,30,31)(H2,22,24,26)/t14?,18-,21?/m1/s1. The van der Waals surface area contributed by atoms with Crippen molar-refractivity contribution in [2.75, 3.05) is 24.6 Å². The zero-order valence-electron chi connectivity index (χ0n) is 18.5. The molecule has 2 aromatic rings. The third-order valence-corrected chi connectivity index (χ3v) is 8.66. The Morgan fingerprint density at radius 1 is 1.43 bits per heavy atom. The number of hydrogen-bond donors (Lipinski definition) is 3. The number of hydrogen-bond acceptors (Lipinski definition) is 11. The number of amides is 2. The zero-order chi connectivity index (χ0) is 25.0. The van der Waals surface area contributed by atoms with Gasteiger partial charge < -0.3 is 25.9 Å². The predicted molar refractivity (Wildman–Crippen MR) is 136 cm³/mol. The van der Waals surface area contributed by atoms with Crippen molar-refractivity contribution >= 4 is 69.8 Å². The summed E-state index contributed by atoms with van der Waals surface area (Å²) in [6.45, 7) is 1.95. The molecular weight excluding hydrogens is 512 g/mol. The van der Waals surface area contributed by atoms with Crippen molar-refractivity contribution in [3.63, 3.8) is 0 Å². The van der Waals surface area contributed by atoms with Crippen LogP contribution in [0.25, 0.3) is 6.08 Å². The third kappa shape index (κ3) is 5.28. The molecule has 35 heavy (non-hydrogen) atoms. The van der Waals surface area contributed by atoms with E-state index in [4.69, 9.17) is 10.6 Å². The molecule has 3 atom stereocenters. The highest BCUT2D eigenvalue weighted by Crippen LogP contribution is 2.44. The summed E-state index contributed by atoms with van der Waals surface area (Å²) >= 11 is 3.39. The highest BCUT2D eigenvalue weighted by molar-refractivity contribution is 8.06. The van der Waals surface area contributed by atoms with Crippen molar-refractivity contribution < 1.29 is 24.3 Å². The summed E-state index contributed by atoms with van der Waals surface area (Å²) in [5.41, 5.74) is 6.37. The number of carbonyl (C=O) groups is 3. The van der Waals surface area contributed by atoms with E-state index >= 15 is 0 Å². The molecule has 1 aromatic heterocycles. The number of nitrogen functional groups attached to an aromatic ring is 1. The molecular formula is C21H22N6O5S3. The number of anilines is 1. The molecule has 2 saturated heterocycles. The van der Waals surface area contributed by atoms with E-state index in [0.29, 0.717) is 0 Å². The maximum absolute atomic E-state index is 12.9. The Morgan fingerprint density at radius 2 is 2.20 bits per heavy atom. The van der Waals surface area contributed by atoms with Gasteiger partial charge in [-0.25, -0.2) is 0 Å². The lowest BCUT2D eigenvalue weighted by atomic mass is 10.0. The molecule has 2 unspecified atom stereocenters. The molecule has 2 fully saturated rings. The fourth-order valence-corrected chi connectivity index (χ4v) is 6.56. The Kier molecular flexibility index (Phi) is 7.62. The number of β-lactam (4-membered cyclic amide) rings is 1. The molecule has 184 valence electrons. The lowest BCUT2D eigenvalue weighted by Crippen LogP contribution is -2.74. The van der Waals surface area contributed by atoms with Crippen molar-refractivity contribution in [3.05, 3.63) is 47.1 Å². The van der Waals surface area contributed by atoms with Crippen molar-refractivity contribution in [1.82, 2.24) is 19.6 Å². The van der Waals surface area contributed by atoms with Crippen LogP contribution in [0.15, 0.2) is 40.9 Å². The molecule has 0 saturated carbocycles. The highest BCUT2D eigenvalue weighted by atomic mass is 32.2. The molecule has 3 heterocycles. The van der Waals surface area contributed by atoms with E-state index in [9.17, 15) is 19.5 Å². The molecule has 4 N–H and O–H groups in total. The highest BCUT2D eigenvalue weighted by Gasteiger charge is 2.57. The molecule has 14 heteroatoms. The molecule has 11 nitrogen and oxygen atoms in total. The number of nitrogens with one attached hydrogen (secondary N) is 1. The van der Waals surface area contributed by atoms with E-state index in [1.807, 2.05) is 36.4 Å². The molecule has 2 aliphatic rings. The van der Waals surface area contributed by atoms with Gasteiger partial charge in [-0.15, -0.1) is 23.5 Å². The summed E-state index contributed by atoms with van der Waals surface area (Å²) < 4.78 is 2.80. The normalized spacial score (nSPS) is 24.1. The summed E-state index contributed by atoms with van der Waals surface area (Å²) in [5, 5.41) is 17.9. The molecule has 0 spiro atoms. The summed E-state index contributed by atoms with van der Waals surface area (Å²) in [6, 6.07) is 8.71. The summed E-state index contributed by atoms with van der Waals surface area (Å²) in [5.74, 6) is -1.77. The van der Waals surface area contributed by atoms with E-state index in [0.717, 1.165) is 17.1 Å². The van der Waals surface area contributed by atoms with Crippen LogP contribution < -0.4 is 11.1 Å².